The number of carbonyl (C=O) groups is 1. The molecule has 0 fully saturated rings. The van der Waals surface area contributed by atoms with Crippen LogP contribution in [-0.2, 0) is 0 Å². The predicted molar refractivity (Wildman–Crippen MR) is 191 cm³/mol. The summed E-state index contributed by atoms with van der Waals surface area (Å²) in [6.45, 7) is 1.25. The van der Waals surface area contributed by atoms with Crippen LogP contribution in [0.1, 0.15) is 10.4 Å². The van der Waals surface area contributed by atoms with Crippen molar-refractivity contribution < 1.29 is 23.4 Å². The molecule has 0 saturated heterocycles. The van der Waals surface area contributed by atoms with Crippen molar-refractivity contribution in [2.75, 3.05) is 37.9 Å². The predicted octanol–water partition coefficient (Wildman–Crippen LogP) is 9.11. The molecule has 12 heteroatoms. The van der Waals surface area contributed by atoms with Crippen LogP contribution in [0.25, 0.3) is 32.1 Å². The Morgan fingerprint density at radius 3 is 2.41 bits per heavy atom. The fraction of sp³-hybridized carbons (Fsp3) is 0.108. The van der Waals surface area contributed by atoms with E-state index in [0.717, 1.165) is 45.1 Å². The third kappa shape index (κ3) is 8.03. The standard InChI is InChI=1S/C37H30ClF2N5O3S/c1-45(2)17-18-48-32-14-11-25(20-28(32)38)43-37-41-16-15-31(44-37)35-27(21-33(49-35)22-9-12-26(46)13-10-22)23-5-3-6-24(19-23)42-36(47)34-29(39)7-4-8-30(34)40/h3-16,19-21,46H,17-18H2,1-2H3,(H,42,47)(H,41,43,44). The molecule has 0 radical (unpaired) electrons. The number of thiophene rings is 1. The van der Waals surface area contributed by atoms with Crippen molar-refractivity contribution in [3.05, 3.63) is 125 Å². The summed E-state index contributed by atoms with van der Waals surface area (Å²) in [4.78, 5) is 25.8. The average molecular weight is 698 g/mol. The van der Waals surface area contributed by atoms with Gasteiger partial charge in [-0.25, -0.2) is 18.7 Å². The van der Waals surface area contributed by atoms with Crippen LogP contribution < -0.4 is 15.4 Å². The number of aromatic hydroxyl groups is 1. The smallest absolute Gasteiger partial charge is 0.261 e. The molecule has 0 aliphatic rings. The lowest BCUT2D eigenvalue weighted by Gasteiger charge is -2.13. The molecular formula is C37H30ClF2N5O3S. The Balaban J connectivity index is 1.32. The highest BCUT2D eigenvalue weighted by Crippen LogP contribution is 2.44. The van der Waals surface area contributed by atoms with E-state index in [9.17, 15) is 18.7 Å². The average Bonchev–Trinajstić information content (AvgIpc) is 3.52. The van der Waals surface area contributed by atoms with Gasteiger partial charge in [-0.2, -0.15) is 0 Å². The van der Waals surface area contributed by atoms with Crippen molar-refractivity contribution in [2.24, 2.45) is 0 Å². The van der Waals surface area contributed by atoms with Gasteiger partial charge in [0.15, 0.2) is 0 Å². The highest BCUT2D eigenvalue weighted by atomic mass is 35.5. The molecule has 2 heterocycles. The van der Waals surface area contributed by atoms with Crippen LogP contribution in [0.5, 0.6) is 11.5 Å². The Hall–Kier alpha value is -5.36. The number of anilines is 3. The number of nitrogens with one attached hydrogen (secondary N) is 2. The van der Waals surface area contributed by atoms with E-state index in [4.69, 9.17) is 21.3 Å². The highest BCUT2D eigenvalue weighted by Gasteiger charge is 2.20. The lowest BCUT2D eigenvalue weighted by atomic mass is 10.0. The fourth-order valence-corrected chi connectivity index (χ4v) is 6.34. The van der Waals surface area contributed by atoms with E-state index in [1.807, 2.05) is 49.3 Å². The number of phenolic OH excluding ortho intramolecular Hbond substituents is 1. The third-order valence-electron chi connectivity index (χ3n) is 7.38. The van der Waals surface area contributed by atoms with E-state index in [1.165, 1.54) is 17.4 Å². The molecule has 4 aromatic carbocycles. The summed E-state index contributed by atoms with van der Waals surface area (Å²) in [6.07, 6.45) is 1.65. The van der Waals surface area contributed by atoms with Crippen LogP contribution in [-0.4, -0.2) is 53.1 Å². The molecule has 49 heavy (non-hydrogen) atoms. The summed E-state index contributed by atoms with van der Waals surface area (Å²) >= 11 is 7.98. The molecule has 0 spiro atoms. The molecule has 0 saturated carbocycles. The maximum absolute atomic E-state index is 14.3. The van der Waals surface area contributed by atoms with Gasteiger partial charge in [0, 0.05) is 34.6 Å². The second-order valence-corrected chi connectivity index (χ2v) is 12.7. The minimum Gasteiger partial charge on any atom is -0.508 e. The number of aromatic nitrogens is 2. The van der Waals surface area contributed by atoms with Crippen LogP contribution in [0.2, 0.25) is 5.02 Å². The zero-order chi connectivity index (χ0) is 34.5. The van der Waals surface area contributed by atoms with E-state index in [2.05, 4.69) is 15.6 Å². The maximum atomic E-state index is 14.3. The minimum absolute atomic E-state index is 0.148. The first kappa shape index (κ1) is 33.5. The second kappa shape index (κ2) is 14.8. The number of phenols is 1. The van der Waals surface area contributed by atoms with Crippen LogP contribution in [0.3, 0.4) is 0 Å². The van der Waals surface area contributed by atoms with Gasteiger partial charge in [-0.05, 0) is 104 Å². The van der Waals surface area contributed by atoms with Crippen LogP contribution in [0.4, 0.5) is 26.1 Å². The van der Waals surface area contributed by atoms with E-state index >= 15 is 0 Å². The molecule has 8 nitrogen and oxygen atoms in total. The summed E-state index contributed by atoms with van der Waals surface area (Å²) in [5.41, 5.74) is 3.40. The number of benzene rings is 4. The van der Waals surface area contributed by atoms with Crippen LogP contribution in [0.15, 0.2) is 103 Å². The zero-order valence-corrected chi connectivity index (χ0v) is 27.9. The fourth-order valence-electron chi connectivity index (χ4n) is 4.94. The van der Waals surface area contributed by atoms with E-state index < -0.39 is 23.1 Å². The minimum atomic E-state index is -0.952. The number of amides is 1. The van der Waals surface area contributed by atoms with Gasteiger partial charge in [-0.1, -0.05) is 29.8 Å². The Labute approximate surface area is 290 Å². The maximum Gasteiger partial charge on any atom is 0.261 e. The number of hydrogen-bond donors (Lipinski definition) is 3. The van der Waals surface area contributed by atoms with Gasteiger partial charge in [-0.15, -0.1) is 11.3 Å². The number of hydrogen-bond acceptors (Lipinski definition) is 8. The number of halogens is 3. The molecule has 0 unspecified atom stereocenters. The summed E-state index contributed by atoms with van der Waals surface area (Å²) in [5, 5.41) is 16.1. The normalized spacial score (nSPS) is 11.1. The topological polar surface area (TPSA) is 99.6 Å². The van der Waals surface area contributed by atoms with Gasteiger partial charge in [0.25, 0.3) is 5.91 Å². The van der Waals surface area contributed by atoms with Gasteiger partial charge < -0.3 is 25.4 Å². The van der Waals surface area contributed by atoms with Crippen molar-refractivity contribution in [2.45, 2.75) is 0 Å². The quantitative estimate of drug-likeness (QED) is 0.124. The third-order valence-corrected chi connectivity index (χ3v) is 8.88. The van der Waals surface area contributed by atoms with Gasteiger partial charge in [0.2, 0.25) is 5.95 Å². The van der Waals surface area contributed by atoms with Crippen molar-refractivity contribution in [1.29, 1.82) is 0 Å². The van der Waals surface area contributed by atoms with Crippen molar-refractivity contribution in [1.82, 2.24) is 14.9 Å². The van der Waals surface area contributed by atoms with Gasteiger partial charge in [0.05, 0.1) is 15.6 Å². The van der Waals surface area contributed by atoms with E-state index in [1.54, 1.807) is 54.7 Å². The van der Waals surface area contributed by atoms with Gasteiger partial charge in [-0.3, -0.25) is 4.79 Å². The number of nitrogens with zero attached hydrogens (tertiary/aromatic N) is 3. The first-order valence-corrected chi connectivity index (χ1v) is 16.3. The molecule has 1 amide bonds. The van der Waals surface area contributed by atoms with Crippen molar-refractivity contribution in [3.63, 3.8) is 0 Å². The lowest BCUT2D eigenvalue weighted by Crippen LogP contribution is -2.19. The summed E-state index contributed by atoms with van der Waals surface area (Å²) in [5.74, 6) is -1.74. The Morgan fingerprint density at radius 2 is 1.67 bits per heavy atom. The van der Waals surface area contributed by atoms with E-state index in [-0.39, 0.29) is 5.75 Å². The summed E-state index contributed by atoms with van der Waals surface area (Å²) in [7, 11) is 3.94. The molecule has 6 aromatic rings. The molecular weight excluding hydrogens is 668 g/mol. The molecule has 0 bridgehead atoms. The van der Waals surface area contributed by atoms with Crippen LogP contribution >= 0.6 is 22.9 Å². The number of rotatable bonds is 11. The zero-order valence-electron chi connectivity index (χ0n) is 26.4. The molecule has 0 atom stereocenters. The number of ether oxygens (including phenoxy) is 1. The van der Waals surface area contributed by atoms with Crippen molar-refractivity contribution in [3.8, 4) is 43.6 Å². The summed E-state index contributed by atoms with van der Waals surface area (Å²) < 4.78 is 34.4. The number of carbonyl (C=O) groups excluding carboxylic acids is 1. The summed E-state index contributed by atoms with van der Waals surface area (Å²) in [6, 6.07) is 26.3. The second-order valence-electron chi connectivity index (χ2n) is 11.2. The van der Waals surface area contributed by atoms with Gasteiger partial charge >= 0.3 is 0 Å². The first-order valence-electron chi connectivity index (χ1n) is 15.1. The first-order chi connectivity index (χ1) is 23.6. The lowest BCUT2D eigenvalue weighted by molar-refractivity contribution is 0.101. The largest absolute Gasteiger partial charge is 0.508 e. The van der Waals surface area contributed by atoms with Crippen LogP contribution in [0, 0.1) is 11.6 Å². The Kier molecular flexibility index (Phi) is 10.1. The van der Waals surface area contributed by atoms with Crippen molar-refractivity contribution >= 4 is 46.2 Å². The Bertz CT molecular complexity index is 2100. The monoisotopic (exact) mass is 697 g/mol. The molecule has 0 aliphatic carbocycles. The van der Waals surface area contributed by atoms with Gasteiger partial charge in [0.1, 0.15) is 35.3 Å². The molecule has 0 aliphatic heterocycles. The number of likely N-dealkylation sites (N-methyl/N-ethyl adjacent to an activating group) is 1. The molecule has 3 N–H and O–H groups in total. The van der Waals surface area contributed by atoms with E-state index in [0.29, 0.717) is 40.4 Å². The highest BCUT2D eigenvalue weighted by molar-refractivity contribution is 7.19. The molecule has 248 valence electrons. The molecule has 2 aromatic heterocycles. The SMILES string of the molecule is CN(C)CCOc1ccc(Nc2nccc(-c3sc(-c4ccc(O)cc4)cc3-c3cccc(NC(=O)c4c(F)cccc4F)c3)n2)cc1Cl. The molecule has 6 rings (SSSR count). The Morgan fingerprint density at radius 1 is 0.918 bits per heavy atom.